The van der Waals surface area contributed by atoms with Crippen molar-refractivity contribution < 1.29 is 4.74 Å². The van der Waals surface area contributed by atoms with Gasteiger partial charge in [-0.2, -0.15) is 0 Å². The molecule has 1 aliphatic rings. The molecule has 1 N–H and O–H groups in total. The summed E-state index contributed by atoms with van der Waals surface area (Å²) in [5.41, 5.74) is 0.953. The maximum Gasteiger partial charge on any atom is 0.152 e. The molecule has 0 amide bonds. The minimum atomic E-state index is 0.0359. The highest BCUT2D eigenvalue weighted by Crippen LogP contribution is 2.24. The van der Waals surface area contributed by atoms with Gasteiger partial charge in [-0.1, -0.05) is 11.6 Å². The van der Waals surface area contributed by atoms with Crippen molar-refractivity contribution in [3.63, 3.8) is 0 Å². The Morgan fingerprint density at radius 3 is 3.15 bits per heavy atom. The molecule has 0 saturated carbocycles. The van der Waals surface area contributed by atoms with Crippen LogP contribution in [-0.4, -0.2) is 29.2 Å². The van der Waals surface area contributed by atoms with E-state index in [4.69, 9.17) is 16.3 Å². The Bertz CT molecular complexity index is 274. The molecule has 1 aromatic heterocycles. The topological polar surface area (TPSA) is 39.1 Å². The van der Waals surface area contributed by atoms with E-state index in [9.17, 15) is 0 Å². The van der Waals surface area contributed by atoms with E-state index >= 15 is 0 Å². The lowest BCUT2D eigenvalue weighted by Crippen LogP contribution is -2.34. The van der Waals surface area contributed by atoms with Crippen molar-refractivity contribution in [3.8, 4) is 0 Å². The molecule has 1 aliphatic heterocycles. The first-order valence-electron chi connectivity index (χ1n) is 4.28. The first kappa shape index (κ1) is 8.99. The largest absolute Gasteiger partial charge is 0.369 e. The van der Waals surface area contributed by atoms with Crippen LogP contribution < -0.4 is 5.32 Å². The third-order valence-corrected chi connectivity index (χ3v) is 2.46. The number of ether oxygens (including phenoxy) is 1. The smallest absolute Gasteiger partial charge is 0.152 e. The number of aryl methyl sites for hydroxylation is 1. The van der Waals surface area contributed by atoms with Gasteiger partial charge in [0, 0.05) is 20.1 Å². The Morgan fingerprint density at radius 2 is 2.62 bits per heavy atom. The molecule has 1 aromatic rings. The minimum absolute atomic E-state index is 0.0359. The van der Waals surface area contributed by atoms with Crippen LogP contribution in [0, 0.1) is 0 Å². The predicted molar refractivity (Wildman–Crippen MR) is 49.8 cm³/mol. The van der Waals surface area contributed by atoms with Crippen LogP contribution in [-0.2, 0) is 11.8 Å². The van der Waals surface area contributed by atoms with Gasteiger partial charge >= 0.3 is 0 Å². The summed E-state index contributed by atoms with van der Waals surface area (Å²) < 4.78 is 7.48. The number of halogens is 1. The van der Waals surface area contributed by atoms with Crippen molar-refractivity contribution >= 4 is 11.6 Å². The number of hydrogen-bond acceptors (Lipinski definition) is 3. The lowest BCUT2D eigenvalue weighted by molar-refractivity contribution is 0.0234. The van der Waals surface area contributed by atoms with Crippen LogP contribution in [0.3, 0.4) is 0 Å². The van der Waals surface area contributed by atoms with E-state index in [1.165, 1.54) is 0 Å². The summed E-state index contributed by atoms with van der Waals surface area (Å²) in [6.07, 6.45) is 1.74. The van der Waals surface area contributed by atoms with E-state index in [2.05, 4.69) is 10.3 Å². The molecule has 72 valence electrons. The molecule has 0 spiro atoms. The molecule has 0 radical (unpaired) electrons. The lowest BCUT2D eigenvalue weighted by atomic mass is 10.2. The Balaban J connectivity index is 2.22. The Labute approximate surface area is 81.9 Å². The quantitative estimate of drug-likeness (QED) is 0.729. The second-order valence-electron chi connectivity index (χ2n) is 3.10. The normalized spacial score (nSPS) is 23.4. The standard InChI is InChI=1S/C8H12ClN3O/c1-12-5-11-8(9)7(12)6-4-10-2-3-13-6/h5-6,10H,2-4H2,1H3. The Morgan fingerprint density at radius 1 is 1.77 bits per heavy atom. The van der Waals surface area contributed by atoms with Gasteiger partial charge in [-0.3, -0.25) is 0 Å². The van der Waals surface area contributed by atoms with Crippen LogP contribution >= 0.6 is 11.6 Å². The summed E-state index contributed by atoms with van der Waals surface area (Å²) in [7, 11) is 1.92. The summed E-state index contributed by atoms with van der Waals surface area (Å²) in [5, 5.41) is 3.79. The van der Waals surface area contributed by atoms with Gasteiger partial charge in [0.2, 0.25) is 0 Å². The molecule has 0 aromatic carbocycles. The van der Waals surface area contributed by atoms with Crippen LogP contribution in [0.4, 0.5) is 0 Å². The summed E-state index contributed by atoms with van der Waals surface area (Å²) in [6.45, 7) is 2.44. The van der Waals surface area contributed by atoms with Crippen molar-refractivity contribution in [2.75, 3.05) is 19.7 Å². The van der Waals surface area contributed by atoms with Gasteiger partial charge in [0.25, 0.3) is 0 Å². The van der Waals surface area contributed by atoms with E-state index < -0.39 is 0 Å². The van der Waals surface area contributed by atoms with Crippen LogP contribution in [0.1, 0.15) is 11.8 Å². The average Bonchev–Trinajstić information content (AvgIpc) is 2.48. The fraction of sp³-hybridized carbons (Fsp3) is 0.625. The molecule has 1 fully saturated rings. The maximum atomic E-state index is 5.94. The van der Waals surface area contributed by atoms with Crippen molar-refractivity contribution in [2.45, 2.75) is 6.10 Å². The number of morpholine rings is 1. The second-order valence-corrected chi connectivity index (χ2v) is 3.45. The number of aromatic nitrogens is 2. The third-order valence-electron chi connectivity index (χ3n) is 2.17. The van der Waals surface area contributed by atoms with Gasteiger partial charge < -0.3 is 14.6 Å². The Hall–Kier alpha value is -0.580. The van der Waals surface area contributed by atoms with Crippen molar-refractivity contribution in [3.05, 3.63) is 17.2 Å². The number of hydrogen-bond donors (Lipinski definition) is 1. The van der Waals surface area contributed by atoms with Crippen molar-refractivity contribution in [1.29, 1.82) is 0 Å². The predicted octanol–water partition coefficient (Wildman–Crippen LogP) is 0.734. The van der Waals surface area contributed by atoms with Gasteiger partial charge in [0.05, 0.1) is 18.6 Å². The van der Waals surface area contributed by atoms with Crippen LogP contribution in [0.2, 0.25) is 5.15 Å². The van der Waals surface area contributed by atoms with E-state index in [0.717, 1.165) is 25.4 Å². The molecule has 1 atom stereocenters. The fourth-order valence-electron chi connectivity index (χ4n) is 1.51. The van der Waals surface area contributed by atoms with Gasteiger partial charge in [0.1, 0.15) is 6.10 Å². The summed E-state index contributed by atoms with van der Waals surface area (Å²) >= 11 is 5.94. The molecule has 0 bridgehead atoms. The third kappa shape index (κ3) is 1.70. The zero-order valence-corrected chi connectivity index (χ0v) is 8.21. The average molecular weight is 202 g/mol. The van der Waals surface area contributed by atoms with Gasteiger partial charge in [0.15, 0.2) is 5.15 Å². The molecule has 13 heavy (non-hydrogen) atoms. The molecular formula is C8H12ClN3O. The maximum absolute atomic E-state index is 5.94. The van der Waals surface area contributed by atoms with Gasteiger partial charge in [-0.15, -0.1) is 0 Å². The van der Waals surface area contributed by atoms with Gasteiger partial charge in [-0.25, -0.2) is 4.98 Å². The fourth-order valence-corrected chi connectivity index (χ4v) is 1.81. The van der Waals surface area contributed by atoms with Crippen LogP contribution in [0.15, 0.2) is 6.33 Å². The van der Waals surface area contributed by atoms with E-state index in [0.29, 0.717) is 5.15 Å². The number of rotatable bonds is 1. The highest BCUT2D eigenvalue weighted by atomic mass is 35.5. The molecule has 0 aliphatic carbocycles. The van der Waals surface area contributed by atoms with E-state index in [1.807, 2.05) is 11.6 Å². The second kappa shape index (κ2) is 3.65. The van der Waals surface area contributed by atoms with E-state index in [-0.39, 0.29) is 6.10 Å². The number of nitrogens with one attached hydrogen (secondary N) is 1. The molecule has 1 saturated heterocycles. The molecule has 1 unspecified atom stereocenters. The van der Waals surface area contributed by atoms with Crippen molar-refractivity contribution in [1.82, 2.24) is 14.9 Å². The van der Waals surface area contributed by atoms with Crippen molar-refractivity contribution in [2.24, 2.45) is 7.05 Å². The van der Waals surface area contributed by atoms with Crippen LogP contribution in [0.25, 0.3) is 0 Å². The molecule has 2 rings (SSSR count). The highest BCUT2D eigenvalue weighted by molar-refractivity contribution is 6.30. The number of imidazole rings is 1. The minimum Gasteiger partial charge on any atom is -0.369 e. The van der Waals surface area contributed by atoms with E-state index in [1.54, 1.807) is 6.33 Å². The molecule has 5 heteroatoms. The highest BCUT2D eigenvalue weighted by Gasteiger charge is 2.21. The zero-order chi connectivity index (χ0) is 9.26. The molecule has 2 heterocycles. The monoisotopic (exact) mass is 201 g/mol. The van der Waals surface area contributed by atoms with Crippen LogP contribution in [0.5, 0.6) is 0 Å². The summed E-state index contributed by atoms with van der Waals surface area (Å²) in [4.78, 5) is 4.01. The first-order valence-corrected chi connectivity index (χ1v) is 4.66. The summed E-state index contributed by atoms with van der Waals surface area (Å²) in [6, 6.07) is 0. The summed E-state index contributed by atoms with van der Waals surface area (Å²) in [5.74, 6) is 0. The lowest BCUT2D eigenvalue weighted by Gasteiger charge is -2.23. The SMILES string of the molecule is Cn1cnc(Cl)c1C1CNCCO1. The molecular weight excluding hydrogens is 190 g/mol. The number of nitrogens with zero attached hydrogens (tertiary/aromatic N) is 2. The van der Waals surface area contributed by atoms with Gasteiger partial charge in [-0.05, 0) is 0 Å². The first-order chi connectivity index (χ1) is 6.29. The molecule has 4 nitrogen and oxygen atoms in total. The Kier molecular flexibility index (Phi) is 2.53. The zero-order valence-electron chi connectivity index (χ0n) is 7.46.